The van der Waals surface area contributed by atoms with Gasteiger partial charge in [-0.2, -0.15) is 0 Å². The van der Waals surface area contributed by atoms with Crippen LogP contribution in [0.15, 0.2) is 24.3 Å². The fourth-order valence-corrected chi connectivity index (χ4v) is 8.79. The number of ether oxygens (including phenoxy) is 1. The molecule has 3 aliphatic carbocycles. The van der Waals surface area contributed by atoms with Crippen LogP contribution in [0.4, 0.5) is 5.69 Å². The van der Waals surface area contributed by atoms with Crippen molar-refractivity contribution in [1.29, 1.82) is 0 Å². The van der Waals surface area contributed by atoms with E-state index < -0.39 is 0 Å². The molecule has 4 unspecified atom stereocenters. The molecule has 3 heterocycles. The summed E-state index contributed by atoms with van der Waals surface area (Å²) in [6.07, 6.45) is 7.19. The first-order valence-electron chi connectivity index (χ1n) is 10.3. The molecule has 0 amide bonds. The highest BCUT2D eigenvalue weighted by Gasteiger charge is 2.83. The molecule has 1 aromatic carbocycles. The Kier molecular flexibility index (Phi) is 2.66. The van der Waals surface area contributed by atoms with Gasteiger partial charge in [-0.1, -0.05) is 18.2 Å². The van der Waals surface area contributed by atoms with Gasteiger partial charge in [-0.05, 0) is 43.7 Å². The molecule has 2 bridgehead atoms. The standard InChI is InChI=1S/C22H29N2O2/c1-24-12-5-8-20-9-10-22(16(14-20)18(25)26-2)21(11-13-24,19(20)24)15-6-3-4-7-17(15)23-22/h3-4,6-7,16,19,23H,5,8-14H2,1-2H3/q+1/t16?,19-,20?,21+,22?,24?/m0/s1. The number of nitrogens with zero attached hydrogens (tertiary/aromatic N) is 1. The van der Waals surface area contributed by atoms with Crippen LogP contribution >= 0.6 is 0 Å². The second-order valence-corrected chi connectivity index (χ2v) is 9.94. The summed E-state index contributed by atoms with van der Waals surface area (Å²) in [4.78, 5) is 13.0. The summed E-state index contributed by atoms with van der Waals surface area (Å²) in [5.41, 5.74) is 3.02. The number of benzene rings is 1. The first kappa shape index (κ1) is 15.5. The number of esters is 1. The summed E-state index contributed by atoms with van der Waals surface area (Å²) in [5.74, 6) is -0.0107. The van der Waals surface area contributed by atoms with Crippen LogP contribution in [-0.2, 0) is 14.9 Å². The zero-order chi connectivity index (χ0) is 17.8. The van der Waals surface area contributed by atoms with E-state index in [0.29, 0.717) is 11.5 Å². The minimum atomic E-state index is -0.149. The number of carbonyl (C=O) groups is 1. The number of para-hydroxylation sites is 1. The molecule has 0 radical (unpaired) electrons. The van der Waals surface area contributed by atoms with E-state index in [4.69, 9.17) is 4.74 Å². The van der Waals surface area contributed by atoms with Gasteiger partial charge in [0, 0.05) is 17.5 Å². The van der Waals surface area contributed by atoms with E-state index in [1.165, 1.54) is 54.5 Å². The number of quaternary nitrogens is 1. The zero-order valence-corrected chi connectivity index (χ0v) is 15.9. The number of piperidine rings is 1. The van der Waals surface area contributed by atoms with Gasteiger partial charge in [-0.3, -0.25) is 4.79 Å². The van der Waals surface area contributed by atoms with Gasteiger partial charge < -0.3 is 14.5 Å². The number of rotatable bonds is 1. The Bertz CT molecular complexity index is 824. The van der Waals surface area contributed by atoms with Crippen molar-refractivity contribution in [3.8, 4) is 0 Å². The largest absolute Gasteiger partial charge is 0.469 e. The molecule has 1 N–H and O–H groups in total. The Morgan fingerprint density at radius 1 is 1.19 bits per heavy atom. The summed E-state index contributed by atoms with van der Waals surface area (Å²) < 4.78 is 6.58. The van der Waals surface area contributed by atoms with Crippen LogP contribution in [0, 0.1) is 11.3 Å². The van der Waals surface area contributed by atoms with Crippen LogP contribution in [0.3, 0.4) is 0 Å². The molecule has 3 saturated carbocycles. The lowest BCUT2D eigenvalue weighted by atomic mass is 9.38. The number of carbonyl (C=O) groups excluding carboxylic acids is 1. The first-order valence-corrected chi connectivity index (χ1v) is 10.3. The monoisotopic (exact) mass is 353 g/mol. The highest BCUT2D eigenvalue weighted by atomic mass is 16.5. The highest BCUT2D eigenvalue weighted by Crippen LogP contribution is 2.75. The van der Waals surface area contributed by atoms with Crippen molar-refractivity contribution >= 4 is 11.7 Å². The van der Waals surface area contributed by atoms with E-state index in [1.807, 2.05) is 0 Å². The van der Waals surface area contributed by atoms with Crippen molar-refractivity contribution in [3.05, 3.63) is 29.8 Å². The third-order valence-electron chi connectivity index (χ3n) is 9.30. The number of hydrogen-bond donors (Lipinski definition) is 1. The minimum Gasteiger partial charge on any atom is -0.469 e. The van der Waals surface area contributed by atoms with Crippen molar-refractivity contribution < 1.29 is 14.0 Å². The topological polar surface area (TPSA) is 38.3 Å². The third kappa shape index (κ3) is 1.38. The number of methoxy groups -OCH3 is 1. The summed E-state index contributed by atoms with van der Waals surface area (Å²) in [6, 6.07) is 9.56. The Morgan fingerprint density at radius 3 is 2.88 bits per heavy atom. The number of hydrogen-bond acceptors (Lipinski definition) is 3. The molecule has 1 aromatic rings. The quantitative estimate of drug-likeness (QED) is 0.623. The fraction of sp³-hybridized carbons (Fsp3) is 0.682. The maximum atomic E-state index is 13.0. The van der Waals surface area contributed by atoms with E-state index in [-0.39, 0.29) is 22.8 Å². The van der Waals surface area contributed by atoms with Gasteiger partial charge >= 0.3 is 5.97 Å². The van der Waals surface area contributed by atoms with Gasteiger partial charge in [0.05, 0.1) is 44.1 Å². The molecule has 7 rings (SSSR count). The lowest BCUT2D eigenvalue weighted by Gasteiger charge is -2.68. The van der Waals surface area contributed by atoms with E-state index in [0.717, 1.165) is 12.8 Å². The van der Waals surface area contributed by atoms with Gasteiger partial charge in [-0.15, -0.1) is 0 Å². The predicted octanol–water partition coefficient (Wildman–Crippen LogP) is 3.07. The van der Waals surface area contributed by atoms with Gasteiger partial charge in [0.15, 0.2) is 0 Å². The summed E-state index contributed by atoms with van der Waals surface area (Å²) in [6.45, 7) is 2.55. The van der Waals surface area contributed by atoms with Gasteiger partial charge in [-0.25, -0.2) is 0 Å². The number of nitrogens with one attached hydrogen (secondary N) is 1. The van der Waals surface area contributed by atoms with Gasteiger partial charge in [0.25, 0.3) is 0 Å². The minimum absolute atomic E-state index is 0.00822. The average Bonchev–Trinajstić information content (AvgIpc) is 3.15. The maximum Gasteiger partial charge on any atom is 0.311 e. The molecule has 6 aliphatic rings. The zero-order valence-electron chi connectivity index (χ0n) is 15.9. The normalized spacial score (nSPS) is 49.8. The van der Waals surface area contributed by atoms with Crippen molar-refractivity contribution in [1.82, 2.24) is 0 Å². The van der Waals surface area contributed by atoms with Crippen LogP contribution in [0.2, 0.25) is 0 Å². The molecule has 3 spiro atoms. The molecule has 4 heteroatoms. The Morgan fingerprint density at radius 2 is 2.04 bits per heavy atom. The van der Waals surface area contributed by atoms with Crippen molar-refractivity contribution in [3.63, 3.8) is 0 Å². The predicted molar refractivity (Wildman–Crippen MR) is 99.8 cm³/mol. The second-order valence-electron chi connectivity index (χ2n) is 9.94. The van der Waals surface area contributed by atoms with Crippen LogP contribution in [0.1, 0.15) is 44.1 Å². The Hall–Kier alpha value is -1.55. The SMILES string of the molecule is COC(=O)C1CC23CCC[N+]4(C)CC[C@@]5(c6ccccc6NC15CC2)[C@H]34. The molecular formula is C22H29N2O2+. The molecule has 3 aliphatic heterocycles. The lowest BCUT2D eigenvalue weighted by molar-refractivity contribution is -0.939. The molecule has 5 fully saturated rings. The summed E-state index contributed by atoms with van der Waals surface area (Å²) in [7, 11) is 4.07. The highest BCUT2D eigenvalue weighted by molar-refractivity contribution is 5.80. The van der Waals surface area contributed by atoms with Gasteiger partial charge in [0.2, 0.25) is 0 Å². The van der Waals surface area contributed by atoms with E-state index in [2.05, 4.69) is 36.6 Å². The average molecular weight is 353 g/mol. The molecule has 4 nitrogen and oxygen atoms in total. The van der Waals surface area contributed by atoms with E-state index in [9.17, 15) is 4.79 Å². The molecule has 2 saturated heterocycles. The Balaban J connectivity index is 1.67. The second kappa shape index (κ2) is 4.46. The molecule has 138 valence electrons. The molecule has 26 heavy (non-hydrogen) atoms. The lowest BCUT2D eigenvalue weighted by Crippen LogP contribution is -2.79. The van der Waals surface area contributed by atoms with Gasteiger partial charge in [0.1, 0.15) is 6.04 Å². The van der Waals surface area contributed by atoms with Crippen LogP contribution < -0.4 is 5.32 Å². The molecule has 6 atom stereocenters. The number of anilines is 1. The third-order valence-corrected chi connectivity index (χ3v) is 9.30. The molecular weight excluding hydrogens is 324 g/mol. The number of fused-ring (bicyclic) bond motifs is 3. The van der Waals surface area contributed by atoms with Crippen molar-refractivity contribution in [2.45, 2.75) is 55.5 Å². The van der Waals surface area contributed by atoms with Crippen LogP contribution in [-0.4, -0.2) is 49.3 Å². The van der Waals surface area contributed by atoms with E-state index in [1.54, 1.807) is 7.11 Å². The maximum absolute atomic E-state index is 13.0. The van der Waals surface area contributed by atoms with Crippen LogP contribution in [0.25, 0.3) is 0 Å². The van der Waals surface area contributed by atoms with Crippen molar-refractivity contribution in [2.24, 2.45) is 11.3 Å². The number of likely N-dealkylation sites (N-methyl/N-ethyl adjacent to an activating group) is 1. The fourth-order valence-electron chi connectivity index (χ4n) is 8.79. The first-order chi connectivity index (χ1) is 12.5. The summed E-state index contributed by atoms with van der Waals surface area (Å²) in [5, 5.41) is 3.96. The molecule has 0 aromatic heterocycles. The van der Waals surface area contributed by atoms with E-state index >= 15 is 0 Å². The summed E-state index contributed by atoms with van der Waals surface area (Å²) >= 11 is 0. The Labute approximate surface area is 155 Å². The van der Waals surface area contributed by atoms with Crippen LogP contribution in [0.5, 0.6) is 0 Å². The smallest absolute Gasteiger partial charge is 0.311 e. The van der Waals surface area contributed by atoms with Crippen molar-refractivity contribution in [2.75, 3.05) is 32.6 Å².